The molecule has 0 aliphatic heterocycles. The molecule has 6 heteroatoms. The molecule has 0 unspecified atom stereocenters. The summed E-state index contributed by atoms with van der Waals surface area (Å²) >= 11 is 5.98. The molecule has 0 fully saturated rings. The second-order valence-corrected chi connectivity index (χ2v) is 4.30. The third-order valence-electron chi connectivity index (χ3n) is 2.63. The lowest BCUT2D eigenvalue weighted by atomic mass is 10.1. The fraction of sp³-hybridized carbons (Fsp3) is 0.231. The zero-order valence-electron chi connectivity index (χ0n) is 10.5. The summed E-state index contributed by atoms with van der Waals surface area (Å²) in [5.41, 5.74) is 0.970. The van der Waals surface area contributed by atoms with Crippen molar-refractivity contribution in [3.05, 3.63) is 40.3 Å². The van der Waals surface area contributed by atoms with Gasteiger partial charge in [0.25, 0.3) is 0 Å². The maximum Gasteiger partial charge on any atom is 0.342 e. The molecule has 1 N–H and O–H groups in total. The molecule has 0 saturated heterocycles. The predicted octanol–water partition coefficient (Wildman–Crippen LogP) is 3.35. The number of hydrogen-bond donors (Lipinski definition) is 1. The summed E-state index contributed by atoms with van der Waals surface area (Å²) in [4.78, 5) is 11.9. The molecule has 4 nitrogen and oxygen atoms in total. The number of halogens is 2. The Balaban J connectivity index is 2.61. The lowest BCUT2D eigenvalue weighted by molar-refractivity contribution is 0.0526. The number of nitrogens with zero attached hydrogens (tertiary/aromatic N) is 1. The van der Waals surface area contributed by atoms with Crippen molar-refractivity contribution >= 4 is 17.6 Å². The van der Waals surface area contributed by atoms with Gasteiger partial charge in [-0.1, -0.05) is 17.7 Å². The molecule has 0 amide bonds. The van der Waals surface area contributed by atoms with Crippen LogP contribution in [0, 0.1) is 12.7 Å². The summed E-state index contributed by atoms with van der Waals surface area (Å²) in [5, 5.41) is 6.81. The van der Waals surface area contributed by atoms with E-state index in [0.717, 1.165) is 0 Å². The highest BCUT2D eigenvalue weighted by atomic mass is 35.5. The number of benzene rings is 1. The number of nitrogens with one attached hydrogen (secondary N) is 1. The molecule has 0 aliphatic carbocycles. The number of H-pyrrole nitrogens is 1. The molecule has 1 aromatic heterocycles. The molecule has 0 radical (unpaired) electrons. The fourth-order valence-corrected chi connectivity index (χ4v) is 2.04. The molecule has 0 atom stereocenters. The molecular formula is C13H12ClFN2O2. The van der Waals surface area contributed by atoms with Gasteiger partial charge in [0.1, 0.15) is 17.1 Å². The Labute approximate surface area is 114 Å². The summed E-state index contributed by atoms with van der Waals surface area (Å²) in [6.07, 6.45) is 0. The highest BCUT2D eigenvalue weighted by Crippen LogP contribution is 2.32. The molecule has 0 aliphatic rings. The van der Waals surface area contributed by atoms with Crippen molar-refractivity contribution in [1.29, 1.82) is 0 Å². The molecule has 2 aromatic rings. The van der Waals surface area contributed by atoms with Gasteiger partial charge in [0.05, 0.1) is 17.2 Å². The van der Waals surface area contributed by atoms with Crippen molar-refractivity contribution in [1.82, 2.24) is 10.2 Å². The monoisotopic (exact) mass is 282 g/mol. The normalized spacial score (nSPS) is 10.5. The molecule has 0 spiro atoms. The van der Waals surface area contributed by atoms with E-state index in [1.807, 2.05) is 0 Å². The average Bonchev–Trinajstić information content (AvgIpc) is 2.71. The topological polar surface area (TPSA) is 55.0 Å². The molecule has 1 aromatic carbocycles. The summed E-state index contributed by atoms with van der Waals surface area (Å²) in [6.45, 7) is 3.59. The quantitative estimate of drug-likeness (QED) is 0.878. The number of carbonyl (C=O) groups is 1. The Morgan fingerprint density at radius 2 is 2.26 bits per heavy atom. The van der Waals surface area contributed by atoms with Gasteiger partial charge in [-0.2, -0.15) is 5.10 Å². The van der Waals surface area contributed by atoms with Crippen LogP contribution >= 0.6 is 11.6 Å². The SMILES string of the molecule is CCOC(=O)c1c(-c2c(F)cccc2Cl)n[nH]c1C. The van der Waals surface area contributed by atoms with Crippen LogP contribution < -0.4 is 0 Å². The van der Waals surface area contributed by atoms with Crippen molar-refractivity contribution < 1.29 is 13.9 Å². The van der Waals surface area contributed by atoms with Gasteiger partial charge in [0, 0.05) is 5.69 Å². The van der Waals surface area contributed by atoms with Crippen LogP contribution in [0.2, 0.25) is 5.02 Å². The van der Waals surface area contributed by atoms with E-state index in [1.165, 1.54) is 12.1 Å². The zero-order valence-corrected chi connectivity index (χ0v) is 11.2. The second-order valence-electron chi connectivity index (χ2n) is 3.89. The van der Waals surface area contributed by atoms with E-state index < -0.39 is 11.8 Å². The van der Waals surface area contributed by atoms with Crippen LogP contribution in [-0.4, -0.2) is 22.8 Å². The van der Waals surface area contributed by atoms with E-state index in [0.29, 0.717) is 5.69 Å². The number of ether oxygens (including phenoxy) is 1. The average molecular weight is 283 g/mol. The van der Waals surface area contributed by atoms with Gasteiger partial charge >= 0.3 is 5.97 Å². The number of hydrogen-bond acceptors (Lipinski definition) is 3. The first kappa shape index (κ1) is 13.5. The maximum absolute atomic E-state index is 13.9. The van der Waals surface area contributed by atoms with E-state index in [-0.39, 0.29) is 28.5 Å². The molecule has 19 heavy (non-hydrogen) atoms. The first-order valence-corrected chi connectivity index (χ1v) is 6.10. The zero-order chi connectivity index (χ0) is 14.0. The van der Waals surface area contributed by atoms with Crippen molar-refractivity contribution in [3.63, 3.8) is 0 Å². The van der Waals surface area contributed by atoms with Crippen LogP contribution in [0.5, 0.6) is 0 Å². The first-order chi connectivity index (χ1) is 9.06. The van der Waals surface area contributed by atoms with Crippen LogP contribution in [0.3, 0.4) is 0 Å². The van der Waals surface area contributed by atoms with Gasteiger partial charge in [0.2, 0.25) is 0 Å². The van der Waals surface area contributed by atoms with Crippen molar-refractivity contribution in [2.24, 2.45) is 0 Å². The minimum absolute atomic E-state index is 0.0940. The Morgan fingerprint density at radius 1 is 1.53 bits per heavy atom. The Morgan fingerprint density at radius 3 is 2.89 bits per heavy atom. The number of aromatic amines is 1. The lowest BCUT2D eigenvalue weighted by Gasteiger charge is -2.06. The first-order valence-electron chi connectivity index (χ1n) is 5.72. The van der Waals surface area contributed by atoms with Crippen LogP contribution in [0.15, 0.2) is 18.2 Å². The van der Waals surface area contributed by atoms with Gasteiger partial charge in [-0.25, -0.2) is 9.18 Å². The number of aromatic nitrogens is 2. The predicted molar refractivity (Wildman–Crippen MR) is 69.7 cm³/mol. The second kappa shape index (κ2) is 5.40. The van der Waals surface area contributed by atoms with Crippen molar-refractivity contribution in [2.45, 2.75) is 13.8 Å². The lowest BCUT2D eigenvalue weighted by Crippen LogP contribution is -2.07. The van der Waals surface area contributed by atoms with E-state index in [2.05, 4.69) is 10.2 Å². The minimum atomic E-state index is -0.553. The number of rotatable bonds is 3. The van der Waals surface area contributed by atoms with E-state index in [1.54, 1.807) is 19.9 Å². The Bertz CT molecular complexity index is 605. The molecule has 100 valence electrons. The van der Waals surface area contributed by atoms with Gasteiger partial charge in [-0.3, -0.25) is 5.10 Å². The Hall–Kier alpha value is -1.88. The smallest absolute Gasteiger partial charge is 0.342 e. The van der Waals surface area contributed by atoms with Gasteiger partial charge in [0.15, 0.2) is 0 Å². The molecule has 0 bridgehead atoms. The summed E-state index contributed by atoms with van der Waals surface area (Å²) < 4.78 is 18.8. The number of carbonyl (C=O) groups excluding carboxylic acids is 1. The van der Waals surface area contributed by atoms with Crippen LogP contribution in [0.4, 0.5) is 4.39 Å². The third-order valence-corrected chi connectivity index (χ3v) is 2.94. The molecular weight excluding hydrogens is 271 g/mol. The standard InChI is InChI=1S/C13H12ClFN2O2/c1-3-19-13(18)10-7(2)16-17-12(10)11-8(14)5-4-6-9(11)15/h4-6H,3H2,1-2H3,(H,16,17). The Kier molecular flexibility index (Phi) is 3.85. The molecule has 1 heterocycles. The highest BCUT2D eigenvalue weighted by Gasteiger charge is 2.24. The summed E-state index contributed by atoms with van der Waals surface area (Å²) in [6, 6.07) is 4.30. The van der Waals surface area contributed by atoms with Crippen molar-refractivity contribution in [2.75, 3.05) is 6.61 Å². The maximum atomic E-state index is 13.9. The van der Waals surface area contributed by atoms with Crippen LogP contribution in [0.25, 0.3) is 11.3 Å². The third kappa shape index (κ3) is 2.46. The van der Waals surface area contributed by atoms with Gasteiger partial charge in [-0.15, -0.1) is 0 Å². The highest BCUT2D eigenvalue weighted by molar-refractivity contribution is 6.33. The van der Waals surface area contributed by atoms with Crippen LogP contribution in [0.1, 0.15) is 23.0 Å². The minimum Gasteiger partial charge on any atom is -0.462 e. The largest absolute Gasteiger partial charge is 0.462 e. The summed E-state index contributed by atoms with van der Waals surface area (Å²) in [5.74, 6) is -1.09. The van der Waals surface area contributed by atoms with Gasteiger partial charge < -0.3 is 4.74 Å². The van der Waals surface area contributed by atoms with E-state index in [4.69, 9.17) is 16.3 Å². The van der Waals surface area contributed by atoms with E-state index >= 15 is 0 Å². The van der Waals surface area contributed by atoms with Gasteiger partial charge in [-0.05, 0) is 26.0 Å². The fourth-order valence-electron chi connectivity index (χ4n) is 1.79. The number of aryl methyl sites for hydroxylation is 1. The molecule has 0 saturated carbocycles. The van der Waals surface area contributed by atoms with E-state index in [9.17, 15) is 9.18 Å². The van der Waals surface area contributed by atoms with Crippen LogP contribution in [-0.2, 0) is 4.74 Å². The molecule has 2 rings (SSSR count). The summed E-state index contributed by atoms with van der Waals surface area (Å²) in [7, 11) is 0. The number of esters is 1. The van der Waals surface area contributed by atoms with Crippen molar-refractivity contribution in [3.8, 4) is 11.3 Å².